The predicted octanol–water partition coefficient (Wildman–Crippen LogP) is 4.74. The van der Waals surface area contributed by atoms with E-state index in [1.54, 1.807) is 0 Å². The van der Waals surface area contributed by atoms with Crippen molar-refractivity contribution < 1.29 is 9.53 Å². The standard InChI is InChI=1S/C24H29NO2/c1-2-19(16-18-6-4-3-5-7-18)21-8-9-23-22(17-21)10-13-25(23)24(26)20-11-14-27-15-12-20/h3-9,17,19-20H,2,10-16H2,1H3. The highest BCUT2D eigenvalue weighted by Crippen LogP contribution is 2.34. The minimum Gasteiger partial charge on any atom is -0.381 e. The average molecular weight is 364 g/mol. The fraction of sp³-hybridized carbons (Fsp3) is 0.458. The smallest absolute Gasteiger partial charge is 0.230 e. The van der Waals surface area contributed by atoms with Crippen LogP contribution in [0.2, 0.25) is 0 Å². The molecule has 27 heavy (non-hydrogen) atoms. The molecule has 0 spiro atoms. The third-order valence-corrected chi connectivity index (χ3v) is 6.12. The molecule has 1 fully saturated rings. The summed E-state index contributed by atoms with van der Waals surface area (Å²) >= 11 is 0. The molecule has 3 heteroatoms. The van der Waals surface area contributed by atoms with Crippen molar-refractivity contribution in [2.45, 2.75) is 44.9 Å². The third kappa shape index (κ3) is 3.93. The maximum absolute atomic E-state index is 12.9. The number of ether oxygens (including phenoxy) is 1. The van der Waals surface area contributed by atoms with Crippen LogP contribution in [0.25, 0.3) is 0 Å². The van der Waals surface area contributed by atoms with Gasteiger partial charge < -0.3 is 9.64 Å². The van der Waals surface area contributed by atoms with Crippen LogP contribution in [-0.4, -0.2) is 25.7 Å². The molecule has 4 rings (SSSR count). The van der Waals surface area contributed by atoms with E-state index in [-0.39, 0.29) is 5.92 Å². The second-order valence-electron chi connectivity index (χ2n) is 7.81. The maximum Gasteiger partial charge on any atom is 0.230 e. The lowest BCUT2D eigenvalue weighted by atomic mass is 9.88. The Bertz CT molecular complexity index is 780. The largest absolute Gasteiger partial charge is 0.381 e. The molecule has 142 valence electrons. The zero-order chi connectivity index (χ0) is 18.6. The second-order valence-corrected chi connectivity index (χ2v) is 7.81. The Morgan fingerprint density at radius 2 is 1.93 bits per heavy atom. The number of nitrogens with zero attached hydrogens (tertiary/aromatic N) is 1. The minimum atomic E-state index is 0.130. The monoisotopic (exact) mass is 363 g/mol. The van der Waals surface area contributed by atoms with E-state index in [4.69, 9.17) is 4.74 Å². The zero-order valence-corrected chi connectivity index (χ0v) is 16.2. The summed E-state index contributed by atoms with van der Waals surface area (Å²) in [6, 6.07) is 17.5. The average Bonchev–Trinajstić information content (AvgIpc) is 3.16. The second kappa shape index (κ2) is 8.26. The number of hydrogen-bond acceptors (Lipinski definition) is 2. The molecule has 1 amide bonds. The van der Waals surface area contributed by atoms with Gasteiger partial charge in [-0.1, -0.05) is 49.4 Å². The predicted molar refractivity (Wildman–Crippen MR) is 109 cm³/mol. The molecule has 0 bridgehead atoms. The fourth-order valence-electron chi connectivity index (χ4n) is 4.47. The van der Waals surface area contributed by atoms with Gasteiger partial charge in [-0.2, -0.15) is 0 Å². The number of fused-ring (bicyclic) bond motifs is 1. The van der Waals surface area contributed by atoms with E-state index in [2.05, 4.69) is 55.5 Å². The highest BCUT2D eigenvalue weighted by molar-refractivity contribution is 5.97. The summed E-state index contributed by atoms with van der Waals surface area (Å²) in [4.78, 5) is 15.0. The lowest BCUT2D eigenvalue weighted by Gasteiger charge is -2.27. The zero-order valence-electron chi connectivity index (χ0n) is 16.2. The Balaban J connectivity index is 1.51. The summed E-state index contributed by atoms with van der Waals surface area (Å²) in [6.45, 7) is 4.52. The van der Waals surface area contributed by atoms with Crippen molar-refractivity contribution >= 4 is 11.6 Å². The fourth-order valence-corrected chi connectivity index (χ4v) is 4.47. The lowest BCUT2D eigenvalue weighted by molar-refractivity contribution is -0.125. The van der Waals surface area contributed by atoms with Gasteiger partial charge in [-0.25, -0.2) is 0 Å². The Morgan fingerprint density at radius 3 is 2.67 bits per heavy atom. The molecule has 2 heterocycles. The Kier molecular flexibility index (Phi) is 5.58. The first-order valence-electron chi connectivity index (χ1n) is 10.3. The molecule has 0 N–H and O–H groups in total. The van der Waals surface area contributed by atoms with Gasteiger partial charge in [-0.3, -0.25) is 4.79 Å². The van der Waals surface area contributed by atoms with Crippen LogP contribution < -0.4 is 4.90 Å². The van der Waals surface area contributed by atoms with Gasteiger partial charge in [0.15, 0.2) is 0 Å². The van der Waals surface area contributed by atoms with Crippen molar-refractivity contribution in [1.29, 1.82) is 0 Å². The van der Waals surface area contributed by atoms with Gasteiger partial charge in [0.2, 0.25) is 5.91 Å². The van der Waals surface area contributed by atoms with Crippen molar-refractivity contribution in [3.8, 4) is 0 Å². The van der Waals surface area contributed by atoms with Crippen LogP contribution in [0.3, 0.4) is 0 Å². The number of rotatable bonds is 5. The number of carbonyl (C=O) groups excluding carboxylic acids is 1. The van der Waals surface area contributed by atoms with Crippen molar-refractivity contribution in [3.63, 3.8) is 0 Å². The molecule has 2 aliphatic heterocycles. The molecule has 2 aromatic rings. The molecule has 0 saturated carbocycles. The van der Waals surface area contributed by atoms with E-state index in [0.717, 1.165) is 44.3 Å². The highest BCUT2D eigenvalue weighted by atomic mass is 16.5. The molecule has 0 aliphatic carbocycles. The first-order valence-corrected chi connectivity index (χ1v) is 10.3. The maximum atomic E-state index is 12.9. The van der Waals surface area contributed by atoms with Crippen LogP contribution in [0.15, 0.2) is 48.5 Å². The van der Waals surface area contributed by atoms with E-state index >= 15 is 0 Å². The van der Waals surface area contributed by atoms with Crippen LogP contribution in [0, 0.1) is 5.92 Å². The Morgan fingerprint density at radius 1 is 1.15 bits per heavy atom. The molecular weight excluding hydrogens is 334 g/mol. The first kappa shape index (κ1) is 18.2. The molecule has 0 aromatic heterocycles. The molecular formula is C24H29NO2. The van der Waals surface area contributed by atoms with Gasteiger partial charge >= 0.3 is 0 Å². The summed E-state index contributed by atoms with van der Waals surface area (Å²) in [5.41, 5.74) is 5.26. The van der Waals surface area contributed by atoms with Gasteiger partial charge in [0.05, 0.1) is 0 Å². The molecule has 3 nitrogen and oxygen atoms in total. The number of carbonyl (C=O) groups is 1. The molecule has 2 aliphatic rings. The normalized spacial score (nSPS) is 18.3. The van der Waals surface area contributed by atoms with E-state index in [1.165, 1.54) is 16.7 Å². The topological polar surface area (TPSA) is 29.5 Å². The Labute approximate surface area is 162 Å². The van der Waals surface area contributed by atoms with Crippen molar-refractivity contribution in [3.05, 3.63) is 65.2 Å². The van der Waals surface area contributed by atoms with Gasteiger partial charge in [-0.15, -0.1) is 0 Å². The number of benzene rings is 2. The molecule has 1 saturated heterocycles. The van der Waals surface area contributed by atoms with E-state index < -0.39 is 0 Å². The molecule has 2 aromatic carbocycles. The van der Waals surface area contributed by atoms with Crippen LogP contribution in [-0.2, 0) is 22.4 Å². The van der Waals surface area contributed by atoms with E-state index in [0.29, 0.717) is 25.0 Å². The summed E-state index contributed by atoms with van der Waals surface area (Å²) in [5, 5.41) is 0. The third-order valence-electron chi connectivity index (χ3n) is 6.12. The van der Waals surface area contributed by atoms with Crippen LogP contribution >= 0.6 is 0 Å². The van der Waals surface area contributed by atoms with E-state index in [1.807, 2.05) is 4.90 Å². The summed E-state index contributed by atoms with van der Waals surface area (Å²) in [5.74, 6) is 0.949. The van der Waals surface area contributed by atoms with Crippen molar-refractivity contribution in [2.24, 2.45) is 5.92 Å². The van der Waals surface area contributed by atoms with Crippen LogP contribution in [0.4, 0.5) is 5.69 Å². The van der Waals surface area contributed by atoms with Crippen molar-refractivity contribution in [1.82, 2.24) is 0 Å². The number of hydrogen-bond donors (Lipinski definition) is 0. The highest BCUT2D eigenvalue weighted by Gasteiger charge is 2.31. The SMILES string of the molecule is CCC(Cc1ccccc1)c1ccc2c(c1)CCN2C(=O)C1CCOCC1. The van der Waals surface area contributed by atoms with Gasteiger partial charge in [0.1, 0.15) is 0 Å². The molecule has 1 atom stereocenters. The Hall–Kier alpha value is -2.13. The molecule has 0 radical (unpaired) electrons. The van der Waals surface area contributed by atoms with Crippen LogP contribution in [0.1, 0.15) is 48.8 Å². The summed E-state index contributed by atoms with van der Waals surface area (Å²) < 4.78 is 5.41. The van der Waals surface area contributed by atoms with E-state index in [9.17, 15) is 4.79 Å². The van der Waals surface area contributed by atoms with Gasteiger partial charge in [0.25, 0.3) is 0 Å². The first-order chi connectivity index (χ1) is 13.3. The quantitative estimate of drug-likeness (QED) is 0.768. The number of anilines is 1. The summed E-state index contributed by atoms with van der Waals surface area (Å²) in [7, 11) is 0. The number of amides is 1. The minimum absolute atomic E-state index is 0.130. The van der Waals surface area contributed by atoms with Crippen LogP contribution in [0.5, 0.6) is 0 Å². The van der Waals surface area contributed by atoms with Gasteiger partial charge in [0, 0.05) is 31.4 Å². The van der Waals surface area contributed by atoms with Gasteiger partial charge in [-0.05, 0) is 60.8 Å². The lowest BCUT2D eigenvalue weighted by Crippen LogP contribution is -2.37. The van der Waals surface area contributed by atoms with Crippen molar-refractivity contribution in [2.75, 3.05) is 24.7 Å². The molecule has 1 unspecified atom stereocenters. The summed E-state index contributed by atoms with van der Waals surface area (Å²) in [6.07, 6.45) is 4.88.